The fourth-order valence-electron chi connectivity index (χ4n) is 6.74. The number of hydrogen-bond donors (Lipinski definition) is 2. The van der Waals surface area contributed by atoms with E-state index in [2.05, 4.69) is 31.7 Å². The summed E-state index contributed by atoms with van der Waals surface area (Å²) in [7, 11) is 0. The molecule has 2 aliphatic carbocycles. The predicted molar refractivity (Wildman–Crippen MR) is 163 cm³/mol. The van der Waals surface area contributed by atoms with Gasteiger partial charge in [-0.1, -0.05) is 71.1 Å². The molecule has 0 spiro atoms. The third kappa shape index (κ3) is 9.91. The summed E-state index contributed by atoms with van der Waals surface area (Å²) in [6.45, 7) is 10.0. The van der Waals surface area contributed by atoms with Gasteiger partial charge in [0.05, 0.1) is 26.4 Å². The van der Waals surface area contributed by atoms with Crippen molar-refractivity contribution in [1.82, 2.24) is 0 Å². The van der Waals surface area contributed by atoms with Gasteiger partial charge in [0.25, 0.3) is 0 Å². The molecule has 5 heteroatoms. The Morgan fingerprint density at radius 2 is 1.62 bits per heavy atom. The molecule has 1 aromatic rings. The van der Waals surface area contributed by atoms with Crippen LogP contribution in [0.5, 0.6) is 5.75 Å². The van der Waals surface area contributed by atoms with Crippen molar-refractivity contribution in [3.05, 3.63) is 41.5 Å². The minimum atomic E-state index is -0.565. The van der Waals surface area contributed by atoms with Crippen molar-refractivity contribution in [3.8, 4) is 5.75 Å². The molecule has 0 aromatic heterocycles. The molecule has 5 nitrogen and oxygen atoms in total. The van der Waals surface area contributed by atoms with Gasteiger partial charge in [0.1, 0.15) is 5.75 Å². The standard InChI is InChI=1S/C35H56O5/c1-5-6-7-8-27-9-11-28(12-10-27)29-13-15-30(16-14-29)31-17-18-33(39-22-20-35(4,24-36)25-37)32(23-31)19-21-40-34(38)26(2)3/h17-18,23,27-30,36-37H,2,5-16,19-22,24-25H2,1,3-4H3. The largest absolute Gasteiger partial charge is 0.493 e. The Kier molecular flexibility index (Phi) is 13.5. The van der Waals surface area contributed by atoms with Crippen LogP contribution in [0, 0.1) is 23.2 Å². The molecule has 0 aliphatic heterocycles. The van der Waals surface area contributed by atoms with Crippen molar-refractivity contribution >= 4 is 5.97 Å². The average molecular weight is 557 g/mol. The maximum Gasteiger partial charge on any atom is 0.333 e. The topological polar surface area (TPSA) is 76.0 Å². The van der Waals surface area contributed by atoms with Crippen LogP contribution in [0.15, 0.2) is 30.4 Å². The molecule has 2 aliphatic rings. The molecule has 0 amide bonds. The van der Waals surface area contributed by atoms with Gasteiger partial charge in [0.15, 0.2) is 0 Å². The van der Waals surface area contributed by atoms with Crippen molar-refractivity contribution in [2.75, 3.05) is 26.4 Å². The molecule has 0 heterocycles. The minimum Gasteiger partial charge on any atom is -0.493 e. The van der Waals surface area contributed by atoms with Gasteiger partial charge in [-0.25, -0.2) is 4.79 Å². The Morgan fingerprint density at radius 3 is 2.23 bits per heavy atom. The van der Waals surface area contributed by atoms with Crippen LogP contribution in [-0.4, -0.2) is 42.6 Å². The van der Waals surface area contributed by atoms with E-state index in [1.807, 2.05) is 6.92 Å². The average Bonchev–Trinajstić information content (AvgIpc) is 2.98. The zero-order valence-corrected chi connectivity index (χ0v) is 25.6. The highest BCUT2D eigenvalue weighted by atomic mass is 16.5. The van der Waals surface area contributed by atoms with Gasteiger partial charge in [-0.05, 0) is 92.7 Å². The Morgan fingerprint density at radius 1 is 0.975 bits per heavy atom. The van der Waals surface area contributed by atoms with E-state index in [4.69, 9.17) is 9.47 Å². The lowest BCUT2D eigenvalue weighted by molar-refractivity contribution is -0.138. The molecule has 0 radical (unpaired) electrons. The van der Waals surface area contributed by atoms with E-state index in [1.165, 1.54) is 82.6 Å². The molecular formula is C35H56O5. The van der Waals surface area contributed by atoms with E-state index in [0.29, 0.717) is 30.9 Å². The van der Waals surface area contributed by atoms with Crippen molar-refractivity contribution in [3.63, 3.8) is 0 Å². The first-order valence-electron chi connectivity index (χ1n) is 16.1. The summed E-state index contributed by atoms with van der Waals surface area (Å²) in [5.74, 6) is 3.80. The van der Waals surface area contributed by atoms with Crippen molar-refractivity contribution in [1.29, 1.82) is 0 Å². The van der Waals surface area contributed by atoms with E-state index in [1.54, 1.807) is 6.92 Å². The molecule has 0 unspecified atom stereocenters. The van der Waals surface area contributed by atoms with E-state index >= 15 is 0 Å². The molecule has 3 rings (SSSR count). The molecule has 2 N–H and O–H groups in total. The van der Waals surface area contributed by atoms with Crippen LogP contribution in [0.1, 0.15) is 121 Å². The minimum absolute atomic E-state index is 0.0847. The second-order valence-electron chi connectivity index (χ2n) is 13.1. The summed E-state index contributed by atoms with van der Waals surface area (Å²) in [5, 5.41) is 19.2. The first-order valence-corrected chi connectivity index (χ1v) is 16.1. The summed E-state index contributed by atoms with van der Waals surface area (Å²) in [5.41, 5.74) is 2.25. The SMILES string of the molecule is C=C(C)C(=O)OCCc1cc(C2CCC(C3CCC(CCCCC)CC3)CC2)ccc1OCCC(C)(CO)CO. The number of benzene rings is 1. The molecule has 2 fully saturated rings. The number of carbonyl (C=O) groups excluding carboxylic acids is 1. The quantitative estimate of drug-likeness (QED) is 0.124. The molecule has 1 aromatic carbocycles. The maximum atomic E-state index is 11.9. The number of aliphatic hydroxyl groups excluding tert-OH is 2. The summed E-state index contributed by atoms with van der Waals surface area (Å²) >= 11 is 0. The van der Waals surface area contributed by atoms with Crippen LogP contribution in [-0.2, 0) is 16.0 Å². The van der Waals surface area contributed by atoms with E-state index < -0.39 is 5.41 Å². The summed E-state index contributed by atoms with van der Waals surface area (Å²) < 4.78 is 11.5. The Labute approximate surface area is 243 Å². The van der Waals surface area contributed by atoms with Gasteiger partial charge in [0.2, 0.25) is 0 Å². The Balaban J connectivity index is 1.57. The number of rotatable bonds is 16. The third-order valence-electron chi connectivity index (χ3n) is 9.78. The molecule has 0 bridgehead atoms. The molecule has 2 saturated carbocycles. The third-order valence-corrected chi connectivity index (χ3v) is 9.78. The second-order valence-corrected chi connectivity index (χ2v) is 13.1. The van der Waals surface area contributed by atoms with Crippen molar-refractivity contribution in [2.45, 2.75) is 117 Å². The number of carbonyl (C=O) groups is 1. The number of ether oxygens (including phenoxy) is 2. The van der Waals surface area contributed by atoms with Crippen molar-refractivity contribution in [2.24, 2.45) is 23.2 Å². The first-order chi connectivity index (χ1) is 19.3. The van der Waals surface area contributed by atoms with E-state index in [0.717, 1.165) is 29.1 Å². The van der Waals surface area contributed by atoms with Crippen LogP contribution < -0.4 is 4.74 Å². The van der Waals surface area contributed by atoms with Gasteiger partial charge in [-0.15, -0.1) is 0 Å². The predicted octanol–water partition coefficient (Wildman–Crippen LogP) is 7.77. The zero-order chi connectivity index (χ0) is 29.0. The molecule has 40 heavy (non-hydrogen) atoms. The summed E-state index contributed by atoms with van der Waals surface area (Å²) in [4.78, 5) is 11.9. The Bertz CT molecular complexity index is 904. The lowest BCUT2D eigenvalue weighted by atomic mass is 9.68. The van der Waals surface area contributed by atoms with Crippen molar-refractivity contribution < 1.29 is 24.5 Å². The van der Waals surface area contributed by atoms with Gasteiger partial charge in [0, 0.05) is 17.4 Å². The van der Waals surface area contributed by atoms with Crippen LogP contribution >= 0.6 is 0 Å². The number of aliphatic hydroxyl groups is 2. The van der Waals surface area contributed by atoms with Crippen LogP contribution in [0.2, 0.25) is 0 Å². The highest BCUT2D eigenvalue weighted by Crippen LogP contribution is 2.45. The number of esters is 1. The lowest BCUT2D eigenvalue weighted by Gasteiger charge is -2.38. The van der Waals surface area contributed by atoms with Crippen LogP contribution in [0.4, 0.5) is 0 Å². The van der Waals surface area contributed by atoms with Crippen LogP contribution in [0.3, 0.4) is 0 Å². The second kappa shape index (κ2) is 16.6. The fraction of sp³-hybridized carbons (Fsp3) is 0.743. The van der Waals surface area contributed by atoms with E-state index in [9.17, 15) is 15.0 Å². The smallest absolute Gasteiger partial charge is 0.333 e. The summed E-state index contributed by atoms with van der Waals surface area (Å²) in [6, 6.07) is 6.53. The highest BCUT2D eigenvalue weighted by Gasteiger charge is 2.31. The van der Waals surface area contributed by atoms with Gasteiger partial charge < -0.3 is 19.7 Å². The zero-order valence-electron chi connectivity index (χ0n) is 25.6. The maximum absolute atomic E-state index is 11.9. The number of unbranched alkanes of at least 4 members (excludes halogenated alkanes) is 2. The molecule has 0 atom stereocenters. The lowest BCUT2D eigenvalue weighted by Crippen LogP contribution is -2.28. The fourth-order valence-corrected chi connectivity index (χ4v) is 6.74. The monoisotopic (exact) mass is 556 g/mol. The molecule has 226 valence electrons. The van der Waals surface area contributed by atoms with Gasteiger partial charge >= 0.3 is 5.97 Å². The van der Waals surface area contributed by atoms with E-state index in [-0.39, 0.29) is 25.8 Å². The number of hydrogen-bond acceptors (Lipinski definition) is 5. The Hall–Kier alpha value is -1.85. The van der Waals surface area contributed by atoms with Crippen LogP contribution in [0.25, 0.3) is 0 Å². The first kappa shape index (κ1) is 32.7. The summed E-state index contributed by atoms with van der Waals surface area (Å²) in [6.07, 6.45) is 17.7. The molecular weight excluding hydrogens is 500 g/mol. The highest BCUT2D eigenvalue weighted by molar-refractivity contribution is 5.86. The normalized spacial score (nSPS) is 23.5. The molecule has 0 saturated heterocycles. The van der Waals surface area contributed by atoms with Gasteiger partial charge in [-0.2, -0.15) is 0 Å². The van der Waals surface area contributed by atoms with Gasteiger partial charge in [-0.3, -0.25) is 0 Å².